The van der Waals surface area contributed by atoms with Crippen LogP contribution in [-0.4, -0.2) is 28.2 Å². The molecule has 5 aromatic carbocycles. The summed E-state index contributed by atoms with van der Waals surface area (Å²) in [6, 6.07) is 41.2. The predicted molar refractivity (Wildman–Crippen MR) is 215 cm³/mol. The van der Waals surface area contributed by atoms with Crippen molar-refractivity contribution in [1.82, 2.24) is 15.3 Å². The molecule has 0 spiro atoms. The minimum Gasteiger partial charge on any atom is -0.489 e. The number of hydrogen-bond acceptors (Lipinski definition) is 7. The first-order valence-electron chi connectivity index (χ1n) is 17.9. The van der Waals surface area contributed by atoms with Gasteiger partial charge >= 0.3 is 0 Å². The van der Waals surface area contributed by atoms with Crippen LogP contribution >= 0.6 is 11.6 Å². The molecule has 0 fully saturated rings. The molecule has 6 rings (SSSR count). The number of hydrogen-bond donors (Lipinski definition) is 1. The molecular formula is C45H45ClN4O4. The van der Waals surface area contributed by atoms with E-state index in [0.29, 0.717) is 49.2 Å². The standard InChI is InChI=1S/C45H45ClN4O4/c1-32-26-48-44(46)49-42(32)37-19-21-38(22-20-37)50(28-34-17-15-33(16-18-34)27-47-31-54-45(2,3)4)43(51)40-24-23-39(52-29-35-11-7-5-8-12-35)25-41(40)53-30-36-13-9-6-10-14-36/h5-26,47H,27-31H2,1-4H3. The van der Waals surface area contributed by atoms with E-state index in [1.165, 1.54) is 0 Å². The highest BCUT2D eigenvalue weighted by Gasteiger charge is 2.23. The quantitative estimate of drug-likeness (QED) is 0.0637. The maximum atomic E-state index is 14.8. The zero-order valence-electron chi connectivity index (χ0n) is 31.1. The molecule has 0 radical (unpaired) electrons. The lowest BCUT2D eigenvalue weighted by Gasteiger charge is -2.25. The second kappa shape index (κ2) is 18.0. The van der Waals surface area contributed by atoms with Crippen LogP contribution in [0.1, 0.15) is 58.9 Å². The third-order valence-electron chi connectivity index (χ3n) is 8.61. The molecule has 54 heavy (non-hydrogen) atoms. The second-order valence-electron chi connectivity index (χ2n) is 14.0. The van der Waals surface area contributed by atoms with Gasteiger partial charge in [0.25, 0.3) is 5.91 Å². The van der Waals surface area contributed by atoms with E-state index in [-0.39, 0.29) is 23.4 Å². The number of ether oxygens (including phenoxy) is 3. The van der Waals surface area contributed by atoms with Crippen LogP contribution in [0, 0.1) is 6.92 Å². The summed E-state index contributed by atoms with van der Waals surface area (Å²) in [5, 5.41) is 3.51. The minimum atomic E-state index is -0.216. The molecule has 1 aromatic heterocycles. The highest BCUT2D eigenvalue weighted by atomic mass is 35.5. The van der Waals surface area contributed by atoms with Gasteiger partial charge in [-0.15, -0.1) is 0 Å². The number of benzene rings is 5. The molecular weight excluding hydrogens is 696 g/mol. The summed E-state index contributed by atoms with van der Waals surface area (Å²) in [6.45, 7) is 10.1. The Labute approximate surface area is 322 Å². The van der Waals surface area contributed by atoms with Gasteiger partial charge in [-0.1, -0.05) is 97.1 Å². The molecule has 0 saturated carbocycles. The Hall–Kier alpha value is -5.54. The number of aromatic nitrogens is 2. The van der Waals surface area contributed by atoms with Crippen LogP contribution in [0.2, 0.25) is 5.28 Å². The second-order valence-corrected chi connectivity index (χ2v) is 14.3. The molecule has 0 aliphatic carbocycles. The number of halogens is 1. The largest absolute Gasteiger partial charge is 0.489 e. The van der Waals surface area contributed by atoms with Crippen molar-refractivity contribution in [2.75, 3.05) is 11.6 Å². The summed E-state index contributed by atoms with van der Waals surface area (Å²) in [6.07, 6.45) is 1.70. The van der Waals surface area contributed by atoms with Crippen LogP contribution in [0.25, 0.3) is 11.3 Å². The van der Waals surface area contributed by atoms with Gasteiger partial charge in [0.05, 0.1) is 30.1 Å². The van der Waals surface area contributed by atoms with Crippen molar-refractivity contribution in [2.24, 2.45) is 0 Å². The van der Waals surface area contributed by atoms with E-state index in [4.69, 9.17) is 25.8 Å². The number of aryl methyl sites for hydroxylation is 1. The smallest absolute Gasteiger partial charge is 0.262 e. The normalized spacial score (nSPS) is 11.3. The zero-order chi connectivity index (χ0) is 37.9. The summed E-state index contributed by atoms with van der Waals surface area (Å²) in [5.74, 6) is 0.818. The molecule has 0 unspecified atom stereocenters. The number of carbonyl (C=O) groups is 1. The molecule has 276 valence electrons. The predicted octanol–water partition coefficient (Wildman–Crippen LogP) is 9.97. The Bertz CT molecular complexity index is 2120. The molecule has 1 N–H and O–H groups in total. The van der Waals surface area contributed by atoms with Gasteiger partial charge in [-0.25, -0.2) is 9.97 Å². The fraction of sp³-hybridized carbons (Fsp3) is 0.222. The molecule has 0 atom stereocenters. The van der Waals surface area contributed by atoms with Gasteiger partial charge < -0.3 is 19.1 Å². The maximum Gasteiger partial charge on any atom is 0.262 e. The summed E-state index contributed by atoms with van der Waals surface area (Å²) in [7, 11) is 0. The van der Waals surface area contributed by atoms with Crippen molar-refractivity contribution in [3.05, 3.63) is 172 Å². The lowest BCUT2D eigenvalue weighted by atomic mass is 10.1. The Kier molecular flexibility index (Phi) is 12.7. The molecule has 0 saturated heterocycles. The van der Waals surface area contributed by atoms with Crippen LogP contribution in [0.3, 0.4) is 0 Å². The average Bonchev–Trinajstić information content (AvgIpc) is 3.19. The van der Waals surface area contributed by atoms with E-state index < -0.39 is 0 Å². The molecule has 0 aliphatic rings. The summed E-state index contributed by atoms with van der Waals surface area (Å²) in [5.41, 5.74) is 7.52. The third-order valence-corrected chi connectivity index (χ3v) is 8.79. The van der Waals surface area contributed by atoms with Crippen LogP contribution in [-0.2, 0) is 31.0 Å². The van der Waals surface area contributed by atoms with Crippen LogP contribution in [0.4, 0.5) is 5.69 Å². The van der Waals surface area contributed by atoms with E-state index in [0.717, 1.165) is 39.1 Å². The topological polar surface area (TPSA) is 85.8 Å². The molecule has 0 aliphatic heterocycles. The lowest BCUT2D eigenvalue weighted by molar-refractivity contribution is -0.0138. The zero-order valence-corrected chi connectivity index (χ0v) is 31.8. The Morgan fingerprint density at radius 1 is 0.759 bits per heavy atom. The first kappa shape index (κ1) is 38.2. The van der Waals surface area contributed by atoms with Crippen molar-refractivity contribution in [2.45, 2.75) is 59.6 Å². The molecule has 9 heteroatoms. The number of carbonyl (C=O) groups excluding carboxylic acids is 1. The molecule has 8 nitrogen and oxygen atoms in total. The van der Waals surface area contributed by atoms with Gasteiger partial charge in [-0.05, 0) is 91.4 Å². The highest BCUT2D eigenvalue weighted by molar-refractivity contribution is 6.28. The average molecular weight is 741 g/mol. The van der Waals surface area contributed by atoms with Crippen molar-refractivity contribution >= 4 is 23.2 Å². The van der Waals surface area contributed by atoms with Crippen LogP contribution in [0.5, 0.6) is 11.5 Å². The first-order valence-corrected chi connectivity index (χ1v) is 18.3. The SMILES string of the molecule is Cc1cnc(Cl)nc1-c1ccc(N(Cc2ccc(CNCOC(C)(C)C)cc2)C(=O)c2ccc(OCc3ccccc3)cc2OCc2ccccc2)cc1. The molecule has 0 bridgehead atoms. The number of amides is 1. The van der Waals surface area contributed by atoms with Crippen LogP contribution < -0.4 is 19.7 Å². The number of anilines is 1. The first-order chi connectivity index (χ1) is 26.1. The van der Waals surface area contributed by atoms with Crippen molar-refractivity contribution in [3.63, 3.8) is 0 Å². The number of rotatable bonds is 15. The van der Waals surface area contributed by atoms with Gasteiger partial charge in [-0.3, -0.25) is 10.1 Å². The van der Waals surface area contributed by atoms with E-state index in [1.807, 2.05) is 119 Å². The summed E-state index contributed by atoms with van der Waals surface area (Å²) < 4.78 is 18.3. The van der Waals surface area contributed by atoms with Crippen molar-refractivity contribution in [1.29, 1.82) is 0 Å². The third kappa shape index (κ3) is 10.8. The van der Waals surface area contributed by atoms with E-state index in [1.54, 1.807) is 23.2 Å². The van der Waals surface area contributed by atoms with Gasteiger partial charge in [0.1, 0.15) is 24.7 Å². The van der Waals surface area contributed by atoms with E-state index in [2.05, 4.69) is 39.6 Å². The maximum absolute atomic E-state index is 14.8. The fourth-order valence-electron chi connectivity index (χ4n) is 5.71. The minimum absolute atomic E-state index is 0.177. The number of nitrogens with zero attached hydrogens (tertiary/aromatic N) is 3. The molecule has 1 heterocycles. The van der Waals surface area contributed by atoms with Gasteiger partial charge in [0.15, 0.2) is 0 Å². The van der Waals surface area contributed by atoms with Gasteiger partial charge in [-0.2, -0.15) is 0 Å². The Morgan fingerprint density at radius 3 is 2.04 bits per heavy atom. The molecule has 1 amide bonds. The lowest BCUT2D eigenvalue weighted by Crippen LogP contribution is -2.31. The summed E-state index contributed by atoms with van der Waals surface area (Å²) >= 11 is 6.15. The summed E-state index contributed by atoms with van der Waals surface area (Å²) in [4.78, 5) is 25.1. The van der Waals surface area contributed by atoms with E-state index >= 15 is 0 Å². The fourth-order valence-corrected chi connectivity index (χ4v) is 5.84. The molecule has 6 aromatic rings. The monoisotopic (exact) mass is 740 g/mol. The van der Waals surface area contributed by atoms with Crippen molar-refractivity contribution < 1.29 is 19.0 Å². The highest BCUT2D eigenvalue weighted by Crippen LogP contribution is 2.32. The Balaban J connectivity index is 1.30. The number of nitrogens with one attached hydrogen (secondary N) is 1. The van der Waals surface area contributed by atoms with Crippen molar-refractivity contribution in [3.8, 4) is 22.8 Å². The van der Waals surface area contributed by atoms with E-state index in [9.17, 15) is 4.79 Å². The van der Waals surface area contributed by atoms with Gasteiger partial charge in [0.2, 0.25) is 5.28 Å². The van der Waals surface area contributed by atoms with Gasteiger partial charge in [0, 0.05) is 30.1 Å². The van der Waals surface area contributed by atoms with Crippen LogP contribution in [0.15, 0.2) is 134 Å². The Morgan fingerprint density at radius 2 is 1.39 bits per heavy atom.